The molecule has 0 aliphatic rings. The lowest BCUT2D eigenvalue weighted by molar-refractivity contribution is -0.113. The molecule has 0 amide bonds. The summed E-state index contributed by atoms with van der Waals surface area (Å²) in [6.07, 6.45) is 0. The van der Waals surface area contributed by atoms with E-state index in [1.165, 1.54) is 0 Å². The van der Waals surface area contributed by atoms with Crippen molar-refractivity contribution in [3.8, 4) is 0 Å². The second kappa shape index (κ2) is 12.1. The zero-order valence-corrected chi connectivity index (χ0v) is 23.7. The lowest BCUT2D eigenvalue weighted by atomic mass is 9.91. The van der Waals surface area contributed by atoms with Crippen molar-refractivity contribution in [2.45, 2.75) is 88.7 Å². The third-order valence-corrected chi connectivity index (χ3v) is 4.99. The maximum atomic E-state index is 12.6. The number of phosphoric acid groups is 1. The van der Waals surface area contributed by atoms with Crippen molar-refractivity contribution in [3.63, 3.8) is 0 Å². The number of rotatable bonds is 13. The standard InChI is InChI=1S/C24H51O7P/c1-20(2,3)13-27-16-24(17-28-14-21(4,5)6,18-29-15-22(7,8)9)19-30-32(25,26)31-23(10,11)12/h13-19H2,1-12H3,(H,25,26). The molecule has 8 heteroatoms. The minimum Gasteiger partial charge on any atom is -0.380 e. The zero-order valence-electron chi connectivity index (χ0n) is 22.8. The van der Waals surface area contributed by atoms with Crippen LogP contribution in [0, 0.1) is 21.7 Å². The molecule has 0 bridgehead atoms. The topological polar surface area (TPSA) is 83.5 Å². The van der Waals surface area contributed by atoms with Crippen LogP contribution in [-0.2, 0) is 27.8 Å². The molecule has 0 aromatic carbocycles. The smallest absolute Gasteiger partial charge is 0.380 e. The highest BCUT2D eigenvalue weighted by Crippen LogP contribution is 2.48. The van der Waals surface area contributed by atoms with Gasteiger partial charge in [0.1, 0.15) is 0 Å². The largest absolute Gasteiger partial charge is 0.472 e. The molecule has 0 rings (SSSR count). The third-order valence-electron chi connectivity index (χ3n) is 3.75. The maximum absolute atomic E-state index is 12.6. The van der Waals surface area contributed by atoms with Crippen LogP contribution < -0.4 is 0 Å². The second-order valence-corrected chi connectivity index (χ2v) is 15.0. The molecule has 0 aliphatic heterocycles. The highest BCUT2D eigenvalue weighted by molar-refractivity contribution is 7.47. The Morgan fingerprint density at radius 3 is 1.12 bits per heavy atom. The predicted molar refractivity (Wildman–Crippen MR) is 130 cm³/mol. The number of phosphoric ester groups is 1. The van der Waals surface area contributed by atoms with Crippen LogP contribution in [0.2, 0.25) is 0 Å². The van der Waals surface area contributed by atoms with Crippen molar-refractivity contribution >= 4 is 7.82 Å². The first-order chi connectivity index (χ1) is 14.0. The Balaban J connectivity index is 5.60. The fraction of sp³-hybridized carbons (Fsp3) is 1.00. The summed E-state index contributed by atoms with van der Waals surface area (Å²) >= 11 is 0. The van der Waals surface area contributed by atoms with E-state index >= 15 is 0 Å². The van der Waals surface area contributed by atoms with Crippen LogP contribution in [0.4, 0.5) is 0 Å². The van der Waals surface area contributed by atoms with Gasteiger partial charge in [-0.2, -0.15) is 0 Å². The average molecular weight is 483 g/mol. The van der Waals surface area contributed by atoms with Crippen molar-refractivity contribution in [1.29, 1.82) is 0 Å². The summed E-state index contributed by atoms with van der Waals surface area (Å²) in [5, 5.41) is 0. The molecule has 0 saturated carbocycles. The molecule has 0 fully saturated rings. The first-order valence-electron chi connectivity index (χ1n) is 11.4. The summed E-state index contributed by atoms with van der Waals surface area (Å²) in [7, 11) is -4.27. The molecular weight excluding hydrogens is 431 g/mol. The fourth-order valence-electron chi connectivity index (χ4n) is 2.56. The molecular formula is C24H51O7P. The summed E-state index contributed by atoms with van der Waals surface area (Å²) in [6, 6.07) is 0. The highest BCUT2D eigenvalue weighted by Gasteiger charge is 2.38. The van der Waals surface area contributed by atoms with Crippen LogP contribution in [0.1, 0.15) is 83.1 Å². The molecule has 0 aromatic heterocycles. The first-order valence-corrected chi connectivity index (χ1v) is 12.9. The summed E-state index contributed by atoms with van der Waals surface area (Å²) in [5.74, 6) is 0. The quantitative estimate of drug-likeness (QED) is 0.318. The average Bonchev–Trinajstić information content (AvgIpc) is 2.46. The SMILES string of the molecule is CC(C)(C)COCC(COCC(C)(C)C)(COCC(C)(C)C)COP(=O)(O)OC(C)(C)C. The Hall–Kier alpha value is -0.0100. The zero-order chi connectivity index (χ0) is 25.5. The summed E-state index contributed by atoms with van der Waals surface area (Å²) < 4.78 is 41.4. The van der Waals surface area contributed by atoms with Crippen molar-refractivity contribution in [2.75, 3.05) is 46.2 Å². The molecule has 0 spiro atoms. The number of hydrogen-bond acceptors (Lipinski definition) is 6. The molecule has 194 valence electrons. The van der Waals surface area contributed by atoms with Crippen molar-refractivity contribution in [2.24, 2.45) is 21.7 Å². The molecule has 1 atom stereocenters. The van der Waals surface area contributed by atoms with Crippen LogP contribution in [-0.4, -0.2) is 56.7 Å². The van der Waals surface area contributed by atoms with Gasteiger partial charge in [0, 0.05) is 0 Å². The van der Waals surface area contributed by atoms with Gasteiger partial charge >= 0.3 is 7.82 Å². The van der Waals surface area contributed by atoms with E-state index in [4.69, 9.17) is 23.3 Å². The van der Waals surface area contributed by atoms with E-state index in [9.17, 15) is 9.46 Å². The van der Waals surface area contributed by atoms with E-state index in [1.54, 1.807) is 20.8 Å². The molecule has 7 nitrogen and oxygen atoms in total. The molecule has 1 unspecified atom stereocenters. The third kappa shape index (κ3) is 18.4. The summed E-state index contributed by atoms with van der Waals surface area (Å²) in [6.45, 7) is 26.3. The Labute approximate surface area is 197 Å². The molecule has 0 radical (unpaired) electrons. The van der Waals surface area contributed by atoms with Gasteiger partial charge in [0.15, 0.2) is 0 Å². The van der Waals surface area contributed by atoms with Crippen LogP contribution in [0.5, 0.6) is 0 Å². The molecule has 0 saturated heterocycles. The summed E-state index contributed by atoms with van der Waals surface area (Å²) in [4.78, 5) is 10.3. The lowest BCUT2D eigenvalue weighted by Crippen LogP contribution is -2.43. The van der Waals surface area contributed by atoms with E-state index in [1.807, 2.05) is 0 Å². The van der Waals surface area contributed by atoms with E-state index < -0.39 is 18.8 Å². The van der Waals surface area contributed by atoms with Gasteiger partial charge in [-0.15, -0.1) is 0 Å². The first kappa shape index (κ1) is 32.0. The van der Waals surface area contributed by atoms with Gasteiger partial charge < -0.3 is 19.1 Å². The van der Waals surface area contributed by atoms with Crippen molar-refractivity contribution in [3.05, 3.63) is 0 Å². The Morgan fingerprint density at radius 2 is 0.875 bits per heavy atom. The minimum absolute atomic E-state index is 0.0211. The van der Waals surface area contributed by atoms with Crippen molar-refractivity contribution in [1.82, 2.24) is 0 Å². The number of ether oxygens (including phenoxy) is 3. The predicted octanol–water partition coefficient (Wildman–Crippen LogP) is 6.09. The fourth-order valence-corrected chi connectivity index (χ4v) is 3.74. The van der Waals surface area contributed by atoms with Gasteiger partial charge in [-0.05, 0) is 37.0 Å². The van der Waals surface area contributed by atoms with Gasteiger partial charge in [0.25, 0.3) is 0 Å². The van der Waals surface area contributed by atoms with Crippen LogP contribution in [0.15, 0.2) is 0 Å². The Kier molecular flexibility index (Phi) is 12.1. The lowest BCUT2D eigenvalue weighted by Gasteiger charge is -2.36. The van der Waals surface area contributed by atoms with E-state index in [2.05, 4.69) is 62.3 Å². The normalized spacial score (nSPS) is 16.3. The summed E-state index contributed by atoms with van der Waals surface area (Å²) in [5.41, 5.74) is -1.64. The Bertz CT molecular complexity index is 527. The van der Waals surface area contributed by atoms with Gasteiger partial charge in [0.05, 0.1) is 57.3 Å². The van der Waals surface area contributed by atoms with Crippen LogP contribution in [0.25, 0.3) is 0 Å². The monoisotopic (exact) mass is 482 g/mol. The van der Waals surface area contributed by atoms with Gasteiger partial charge in [-0.3, -0.25) is 9.05 Å². The highest BCUT2D eigenvalue weighted by atomic mass is 31.2. The molecule has 0 heterocycles. The second-order valence-electron chi connectivity index (χ2n) is 13.6. The molecule has 0 aliphatic carbocycles. The Morgan fingerprint density at radius 1 is 0.562 bits per heavy atom. The van der Waals surface area contributed by atoms with Gasteiger partial charge in [-0.1, -0.05) is 62.3 Å². The van der Waals surface area contributed by atoms with Crippen molar-refractivity contribution < 1.29 is 32.7 Å². The van der Waals surface area contributed by atoms with Gasteiger partial charge in [0.2, 0.25) is 0 Å². The van der Waals surface area contributed by atoms with E-state index in [0.29, 0.717) is 19.8 Å². The van der Waals surface area contributed by atoms with E-state index in [0.717, 1.165) is 0 Å². The van der Waals surface area contributed by atoms with Gasteiger partial charge in [-0.25, -0.2) is 4.57 Å². The molecule has 1 N–H and O–H groups in total. The minimum atomic E-state index is -4.27. The van der Waals surface area contributed by atoms with Crippen LogP contribution in [0.3, 0.4) is 0 Å². The van der Waals surface area contributed by atoms with Crippen LogP contribution >= 0.6 is 7.82 Å². The number of hydrogen-bond donors (Lipinski definition) is 1. The molecule has 0 aromatic rings. The van der Waals surface area contributed by atoms with E-state index in [-0.39, 0.29) is 42.7 Å². The molecule has 32 heavy (non-hydrogen) atoms. The maximum Gasteiger partial charge on any atom is 0.472 e.